The average Bonchev–Trinajstić information content (AvgIpc) is 1.82. The van der Waals surface area contributed by atoms with E-state index in [0.717, 1.165) is 23.7 Å². The molecule has 0 aliphatic rings. The second kappa shape index (κ2) is 5.72. The lowest BCUT2D eigenvalue weighted by molar-refractivity contribution is -0.00353. The van der Waals surface area contributed by atoms with Gasteiger partial charge in [-0.25, -0.2) is 0 Å². The molecule has 0 radical (unpaired) electrons. The van der Waals surface area contributed by atoms with Crippen molar-refractivity contribution >= 4 is 0 Å². The van der Waals surface area contributed by atoms with E-state index in [2.05, 4.69) is 55.4 Å². The third-order valence-electron chi connectivity index (χ3n) is 4.00. The van der Waals surface area contributed by atoms with Gasteiger partial charge in [-0.3, -0.25) is 4.70 Å². The Morgan fingerprint density at radius 3 is 0.643 bits per heavy atom. The summed E-state index contributed by atoms with van der Waals surface area (Å²) in [7, 11) is 0. The molecule has 0 spiro atoms. The molecule has 0 N–H and O–H groups in total. The largest absolute Gasteiger partial charge is 0.269 e. The summed E-state index contributed by atoms with van der Waals surface area (Å²) >= 11 is 0. The smallest absolute Gasteiger partial charge is 0.0205 e. The molecule has 0 saturated carbocycles. The highest BCUT2D eigenvalue weighted by Crippen LogP contribution is 2.48. The van der Waals surface area contributed by atoms with E-state index < -0.39 is 0 Å². The second-order valence-electron chi connectivity index (χ2n) is 5.62. The van der Waals surface area contributed by atoms with Crippen molar-refractivity contribution in [2.45, 2.75) is 55.4 Å². The van der Waals surface area contributed by atoms with Gasteiger partial charge in [-0.1, -0.05) is 55.4 Å². The fourth-order valence-corrected chi connectivity index (χ4v) is 4.00. The molecule has 88 valence electrons. The van der Waals surface area contributed by atoms with Crippen LogP contribution in [0, 0.1) is 29.1 Å². The average molecular weight is 204 g/mol. The van der Waals surface area contributed by atoms with Crippen molar-refractivity contribution in [2.24, 2.45) is 29.1 Å². The summed E-state index contributed by atoms with van der Waals surface area (Å²) in [4.78, 5) is 0. The van der Waals surface area contributed by atoms with Crippen LogP contribution in [0.15, 0.2) is 0 Å². The van der Waals surface area contributed by atoms with Gasteiger partial charge >= 0.3 is 0 Å². The van der Waals surface area contributed by atoms with E-state index in [-0.39, 0.29) is 4.70 Å². The normalized spacial score (nSPS) is 12.9. The number of halogens is 1. The van der Waals surface area contributed by atoms with Crippen LogP contribution in [0.1, 0.15) is 55.4 Å². The molecule has 0 rings (SSSR count). The van der Waals surface area contributed by atoms with Crippen LogP contribution in [0.4, 0.5) is 4.70 Å². The van der Waals surface area contributed by atoms with Crippen molar-refractivity contribution in [1.29, 1.82) is 0 Å². The van der Waals surface area contributed by atoms with Gasteiger partial charge in [-0.2, -0.15) is 0 Å². The van der Waals surface area contributed by atoms with E-state index >= 15 is 0 Å². The van der Waals surface area contributed by atoms with Gasteiger partial charge in [0.2, 0.25) is 0 Å². The van der Waals surface area contributed by atoms with Crippen molar-refractivity contribution in [3.05, 3.63) is 0 Å². The van der Waals surface area contributed by atoms with E-state index in [9.17, 15) is 0 Å². The first-order chi connectivity index (χ1) is 5.77. The maximum absolute atomic E-state index is 2.38. The van der Waals surface area contributed by atoms with Gasteiger partial charge in [0.15, 0.2) is 0 Å². The fraction of sp³-hybridized carbons (Fsp3) is 1.00. The van der Waals surface area contributed by atoms with Gasteiger partial charge in [0.25, 0.3) is 0 Å². The lowest BCUT2D eigenvalue weighted by atomic mass is 9.56. The summed E-state index contributed by atoms with van der Waals surface area (Å²) in [6, 6.07) is 0. The van der Waals surface area contributed by atoms with Gasteiger partial charge in [0.05, 0.1) is 0 Å². The summed E-state index contributed by atoms with van der Waals surface area (Å²) in [5.41, 5.74) is 0.500. The van der Waals surface area contributed by atoms with Crippen LogP contribution in [0.3, 0.4) is 0 Å². The zero-order chi connectivity index (χ0) is 10.8. The molecule has 0 fully saturated rings. The first-order valence-corrected chi connectivity index (χ1v) is 5.77. The van der Waals surface area contributed by atoms with Gasteiger partial charge in [0.1, 0.15) is 0 Å². The topological polar surface area (TPSA) is 0 Å². The fourth-order valence-electron chi connectivity index (χ4n) is 4.00. The number of hydrogen-bond acceptors (Lipinski definition) is 0. The highest BCUT2D eigenvalue weighted by molar-refractivity contribution is 4.90. The Morgan fingerprint density at radius 2 is 0.643 bits per heavy atom. The molecule has 14 heavy (non-hydrogen) atoms. The quantitative estimate of drug-likeness (QED) is 0.620. The Morgan fingerprint density at radius 1 is 0.500 bits per heavy atom. The van der Waals surface area contributed by atoms with Crippen LogP contribution in [0.2, 0.25) is 0 Å². The predicted octanol–water partition coefficient (Wildman–Crippen LogP) is 4.75. The summed E-state index contributed by atoms with van der Waals surface area (Å²) in [5, 5.41) is 0. The van der Waals surface area contributed by atoms with Crippen molar-refractivity contribution in [3.63, 3.8) is 0 Å². The van der Waals surface area contributed by atoms with E-state index in [0.29, 0.717) is 5.41 Å². The molecular formula is C13H29F. The van der Waals surface area contributed by atoms with E-state index in [1.165, 1.54) is 0 Å². The van der Waals surface area contributed by atoms with Crippen LogP contribution >= 0.6 is 0 Å². The van der Waals surface area contributed by atoms with Gasteiger partial charge in [0, 0.05) is 0 Å². The third kappa shape index (κ3) is 2.49. The number of hydrogen-bond donors (Lipinski definition) is 0. The molecule has 0 bridgehead atoms. The SMILES string of the molecule is CC(C)C(C(C)C)(C(C)C)C(C)C.F. The molecule has 1 heteroatoms. The Labute approximate surface area is 89.8 Å². The highest BCUT2D eigenvalue weighted by Gasteiger charge is 2.42. The molecule has 0 aliphatic heterocycles. The minimum Gasteiger partial charge on any atom is -0.269 e. The summed E-state index contributed by atoms with van der Waals surface area (Å²) in [5.74, 6) is 3.08. The molecule has 0 amide bonds. The van der Waals surface area contributed by atoms with Crippen molar-refractivity contribution in [3.8, 4) is 0 Å². The second-order valence-corrected chi connectivity index (χ2v) is 5.62. The Hall–Kier alpha value is -0.0700. The summed E-state index contributed by atoms with van der Waals surface area (Å²) in [6.45, 7) is 19.0. The lowest BCUT2D eigenvalue weighted by Gasteiger charge is -2.49. The zero-order valence-corrected chi connectivity index (χ0v) is 11.2. The van der Waals surface area contributed by atoms with E-state index in [1.807, 2.05) is 0 Å². The van der Waals surface area contributed by atoms with Crippen LogP contribution in [0.25, 0.3) is 0 Å². The van der Waals surface area contributed by atoms with Crippen LogP contribution in [-0.4, -0.2) is 0 Å². The van der Waals surface area contributed by atoms with Gasteiger partial charge in [-0.05, 0) is 29.1 Å². The standard InChI is InChI=1S/C13H28.FH/c1-9(2)13(10(3)4,11(5)6)12(7)8;/h9-12H,1-8H3;1H. The Kier molecular flexibility index (Phi) is 6.69. The first kappa shape index (κ1) is 16.4. The third-order valence-corrected chi connectivity index (χ3v) is 4.00. The Balaban J connectivity index is 0. The molecule has 0 heterocycles. The summed E-state index contributed by atoms with van der Waals surface area (Å²) < 4.78 is 0. The van der Waals surface area contributed by atoms with E-state index in [1.54, 1.807) is 0 Å². The van der Waals surface area contributed by atoms with Crippen molar-refractivity contribution in [1.82, 2.24) is 0 Å². The molecular weight excluding hydrogens is 175 g/mol. The number of rotatable bonds is 4. The highest BCUT2D eigenvalue weighted by atomic mass is 19.0. The lowest BCUT2D eigenvalue weighted by Crippen LogP contribution is -2.42. The van der Waals surface area contributed by atoms with Crippen molar-refractivity contribution in [2.75, 3.05) is 0 Å². The van der Waals surface area contributed by atoms with E-state index in [4.69, 9.17) is 0 Å². The monoisotopic (exact) mass is 204 g/mol. The predicted molar refractivity (Wildman–Crippen MR) is 64.3 cm³/mol. The van der Waals surface area contributed by atoms with Crippen LogP contribution in [-0.2, 0) is 0 Å². The van der Waals surface area contributed by atoms with Crippen LogP contribution < -0.4 is 0 Å². The molecule has 0 unspecified atom stereocenters. The summed E-state index contributed by atoms with van der Waals surface area (Å²) in [6.07, 6.45) is 0. The minimum absolute atomic E-state index is 0. The molecule has 0 saturated heterocycles. The molecule has 0 aromatic carbocycles. The minimum atomic E-state index is 0. The molecule has 0 atom stereocenters. The zero-order valence-electron chi connectivity index (χ0n) is 11.2. The van der Waals surface area contributed by atoms with Crippen LogP contribution in [0.5, 0.6) is 0 Å². The molecule has 0 nitrogen and oxygen atoms in total. The maximum atomic E-state index is 2.38. The van der Waals surface area contributed by atoms with Crippen molar-refractivity contribution < 1.29 is 4.70 Å². The van der Waals surface area contributed by atoms with Gasteiger partial charge < -0.3 is 0 Å². The van der Waals surface area contributed by atoms with Gasteiger partial charge in [-0.15, -0.1) is 0 Å². The Bertz CT molecular complexity index is 108. The molecule has 0 aliphatic carbocycles. The molecule has 0 aromatic heterocycles. The maximum Gasteiger partial charge on any atom is -0.0205 e. The first-order valence-electron chi connectivity index (χ1n) is 5.77. The molecule has 0 aromatic rings.